The molecular weight excluding hydrogens is 472 g/mol. The molecule has 14 heteroatoms. The van der Waals surface area contributed by atoms with Crippen molar-refractivity contribution < 1.29 is 26.7 Å². The number of nitrogens with zero attached hydrogens (tertiary/aromatic N) is 7. The summed E-state index contributed by atoms with van der Waals surface area (Å²) in [7, 11) is -4.17. The fourth-order valence-electron chi connectivity index (χ4n) is 3.68. The van der Waals surface area contributed by atoms with Crippen molar-refractivity contribution in [3.8, 4) is 11.5 Å². The molecule has 5 rings (SSSR count). The zero-order chi connectivity index (χ0) is 23.9. The highest BCUT2D eigenvalue weighted by Gasteiger charge is 2.44. The van der Waals surface area contributed by atoms with E-state index < -0.39 is 34.5 Å². The Bertz CT molecular complexity index is 1420. The Kier molecular flexibility index (Phi) is 5.55. The van der Waals surface area contributed by atoms with E-state index in [4.69, 9.17) is 4.42 Å². The van der Waals surface area contributed by atoms with Crippen molar-refractivity contribution in [2.24, 2.45) is 0 Å². The molecule has 0 radical (unpaired) electrons. The number of alkyl halides is 2. The fraction of sp³-hybridized carbons (Fsp3) is 0.200. The van der Waals surface area contributed by atoms with Gasteiger partial charge in [-0.3, -0.25) is 19.9 Å². The van der Waals surface area contributed by atoms with Gasteiger partial charge in [0.05, 0.1) is 28.7 Å². The second-order valence-electron chi connectivity index (χ2n) is 7.27. The molecule has 1 aromatic carbocycles. The molecule has 4 aromatic rings. The molecule has 174 valence electrons. The summed E-state index contributed by atoms with van der Waals surface area (Å²) < 4.78 is 58.8. The van der Waals surface area contributed by atoms with Crippen molar-refractivity contribution in [2.75, 3.05) is 0 Å². The molecule has 0 aliphatic carbocycles. The Labute approximate surface area is 191 Å². The molecule has 0 saturated carbocycles. The lowest BCUT2D eigenvalue weighted by atomic mass is 10.0. The summed E-state index contributed by atoms with van der Waals surface area (Å²) in [4.78, 5) is 16.2. The van der Waals surface area contributed by atoms with E-state index in [1.165, 1.54) is 55.4 Å². The number of fused-ring (bicyclic) bond motifs is 1. The number of sulfonamides is 1. The summed E-state index contributed by atoms with van der Waals surface area (Å²) in [6.07, 6.45) is 3.95. The van der Waals surface area contributed by atoms with E-state index in [1.807, 2.05) is 0 Å². The number of aromatic nitrogens is 6. The van der Waals surface area contributed by atoms with Crippen LogP contribution in [0.25, 0.3) is 11.5 Å². The maximum absolute atomic E-state index is 13.6. The first kappa shape index (κ1) is 22.1. The van der Waals surface area contributed by atoms with Crippen LogP contribution in [0.3, 0.4) is 0 Å². The van der Waals surface area contributed by atoms with Gasteiger partial charge in [-0.15, -0.1) is 10.2 Å². The van der Waals surface area contributed by atoms with E-state index in [9.17, 15) is 22.3 Å². The number of hydrogen-bond acceptors (Lipinski definition) is 10. The van der Waals surface area contributed by atoms with Crippen LogP contribution in [-0.4, -0.2) is 48.0 Å². The Morgan fingerprint density at radius 1 is 1.00 bits per heavy atom. The van der Waals surface area contributed by atoms with Crippen LogP contribution in [0.15, 0.2) is 64.7 Å². The second-order valence-corrected chi connectivity index (χ2v) is 9.13. The maximum atomic E-state index is 13.6. The molecule has 1 aliphatic rings. The Morgan fingerprint density at radius 2 is 1.71 bits per heavy atom. The van der Waals surface area contributed by atoms with Gasteiger partial charge in [-0.1, -0.05) is 6.07 Å². The molecule has 2 unspecified atom stereocenters. The second kappa shape index (κ2) is 8.55. The summed E-state index contributed by atoms with van der Waals surface area (Å²) in [6.45, 7) is -0.0807. The van der Waals surface area contributed by atoms with Crippen LogP contribution in [-0.2, 0) is 16.6 Å². The average molecular weight is 487 g/mol. The van der Waals surface area contributed by atoms with Crippen LogP contribution >= 0.6 is 0 Å². The predicted molar refractivity (Wildman–Crippen MR) is 109 cm³/mol. The normalized spacial score (nSPS) is 16.9. The minimum Gasteiger partial charge on any atom is -0.415 e. The van der Waals surface area contributed by atoms with E-state index in [1.54, 1.807) is 0 Å². The number of aliphatic hydroxyl groups is 1. The van der Waals surface area contributed by atoms with Gasteiger partial charge in [0.25, 0.3) is 5.89 Å². The first-order chi connectivity index (χ1) is 16.4. The molecule has 0 amide bonds. The first-order valence-electron chi connectivity index (χ1n) is 9.83. The summed E-state index contributed by atoms with van der Waals surface area (Å²) in [6, 6.07) is 3.13. The molecule has 1 N–H and O–H groups in total. The molecule has 34 heavy (non-hydrogen) atoms. The monoisotopic (exact) mass is 487 g/mol. The molecule has 2 atom stereocenters. The van der Waals surface area contributed by atoms with Gasteiger partial charge < -0.3 is 9.52 Å². The third kappa shape index (κ3) is 3.81. The molecule has 1 aliphatic heterocycles. The smallest absolute Gasteiger partial charge is 0.314 e. The van der Waals surface area contributed by atoms with Gasteiger partial charge in [-0.05, 0) is 17.7 Å². The van der Waals surface area contributed by atoms with Crippen molar-refractivity contribution >= 4 is 10.0 Å². The summed E-state index contributed by atoms with van der Waals surface area (Å²) >= 11 is 0. The van der Waals surface area contributed by atoms with E-state index in [2.05, 4.69) is 30.1 Å². The third-order valence-electron chi connectivity index (χ3n) is 5.24. The van der Waals surface area contributed by atoms with Crippen LogP contribution in [0, 0.1) is 0 Å². The Balaban J connectivity index is 1.56. The number of hydrogen-bond donors (Lipinski definition) is 1. The SMILES string of the molecule is O=S1(=O)c2cc(-c3nnc(C(F)F)o3)ccc2CN1C(c1cnccn1)C(O)c1cnccn1. The van der Waals surface area contributed by atoms with Crippen molar-refractivity contribution in [1.82, 2.24) is 34.4 Å². The van der Waals surface area contributed by atoms with Gasteiger partial charge in [0.15, 0.2) is 0 Å². The minimum absolute atomic E-state index is 0.0807. The molecule has 3 aromatic heterocycles. The van der Waals surface area contributed by atoms with Gasteiger partial charge in [-0.25, -0.2) is 8.42 Å². The van der Waals surface area contributed by atoms with Crippen LogP contribution in [0.1, 0.15) is 41.4 Å². The standard InChI is InChI=1S/C20H15F2N7O4S/c21-18(22)20-28-27-19(33-20)11-1-2-12-10-29(34(31,32)15(12)7-11)16(13-8-23-3-5-25-13)17(30)14-9-24-4-6-26-14/h1-9,16-18,30H,10H2. The Hall–Kier alpha value is -3.75. The summed E-state index contributed by atoms with van der Waals surface area (Å²) in [5.74, 6) is -1.10. The van der Waals surface area contributed by atoms with Crippen molar-refractivity contribution in [3.63, 3.8) is 0 Å². The quantitative estimate of drug-likeness (QED) is 0.429. The number of rotatable bonds is 6. The zero-order valence-electron chi connectivity index (χ0n) is 17.1. The van der Waals surface area contributed by atoms with Gasteiger partial charge in [0.2, 0.25) is 15.9 Å². The molecule has 0 fully saturated rings. The maximum Gasteiger partial charge on any atom is 0.314 e. The van der Waals surface area contributed by atoms with Crippen LogP contribution < -0.4 is 0 Å². The largest absolute Gasteiger partial charge is 0.415 e. The molecule has 4 heterocycles. The van der Waals surface area contributed by atoms with Gasteiger partial charge in [0.1, 0.15) is 12.1 Å². The minimum atomic E-state index is -4.17. The van der Waals surface area contributed by atoms with E-state index >= 15 is 0 Å². The number of aliphatic hydroxyl groups excluding tert-OH is 1. The van der Waals surface area contributed by atoms with E-state index in [-0.39, 0.29) is 34.3 Å². The fourth-order valence-corrected chi connectivity index (χ4v) is 5.50. The molecule has 0 saturated heterocycles. The molecular formula is C20H15F2N7O4S. The van der Waals surface area contributed by atoms with Gasteiger partial charge in [-0.2, -0.15) is 13.1 Å². The Morgan fingerprint density at radius 3 is 2.32 bits per heavy atom. The molecule has 11 nitrogen and oxygen atoms in total. The van der Waals surface area contributed by atoms with Crippen LogP contribution in [0.5, 0.6) is 0 Å². The number of halogens is 2. The number of benzene rings is 1. The van der Waals surface area contributed by atoms with Crippen molar-refractivity contribution in [2.45, 2.75) is 30.0 Å². The van der Waals surface area contributed by atoms with E-state index in [0.29, 0.717) is 5.56 Å². The van der Waals surface area contributed by atoms with Crippen molar-refractivity contribution in [1.29, 1.82) is 0 Å². The average Bonchev–Trinajstić information content (AvgIpc) is 3.44. The van der Waals surface area contributed by atoms with Gasteiger partial charge >= 0.3 is 6.43 Å². The van der Waals surface area contributed by atoms with Crippen LogP contribution in [0.4, 0.5) is 8.78 Å². The first-order valence-corrected chi connectivity index (χ1v) is 11.3. The highest BCUT2D eigenvalue weighted by atomic mass is 32.2. The molecule has 0 spiro atoms. The lowest BCUT2D eigenvalue weighted by molar-refractivity contribution is 0.0821. The zero-order valence-corrected chi connectivity index (χ0v) is 17.9. The summed E-state index contributed by atoms with van der Waals surface area (Å²) in [5, 5.41) is 18.0. The highest BCUT2D eigenvalue weighted by molar-refractivity contribution is 7.89. The summed E-state index contributed by atoms with van der Waals surface area (Å²) in [5.41, 5.74) is 0.942. The van der Waals surface area contributed by atoms with Gasteiger partial charge in [0, 0.05) is 36.9 Å². The lowest BCUT2D eigenvalue weighted by Crippen LogP contribution is -2.34. The highest BCUT2D eigenvalue weighted by Crippen LogP contribution is 2.42. The lowest BCUT2D eigenvalue weighted by Gasteiger charge is -2.29. The molecule has 0 bridgehead atoms. The van der Waals surface area contributed by atoms with Crippen LogP contribution in [0.2, 0.25) is 0 Å². The van der Waals surface area contributed by atoms with Crippen molar-refractivity contribution in [3.05, 3.63) is 78.2 Å². The predicted octanol–water partition coefficient (Wildman–Crippen LogP) is 2.23. The third-order valence-corrected chi connectivity index (χ3v) is 7.15. The topological polar surface area (TPSA) is 148 Å². The van der Waals surface area contributed by atoms with E-state index in [0.717, 1.165) is 4.31 Å².